The lowest BCUT2D eigenvalue weighted by Crippen LogP contribution is -2.45. The molecule has 0 aliphatic heterocycles. The number of aliphatic hydroxyl groups is 3. The van der Waals surface area contributed by atoms with Gasteiger partial charge in [0.25, 0.3) is 0 Å². The van der Waals surface area contributed by atoms with E-state index in [-0.39, 0.29) is 18.9 Å². The minimum Gasteiger partial charge on any atom is -0.394 e. The van der Waals surface area contributed by atoms with Gasteiger partial charge in [0.1, 0.15) is 0 Å². The first-order chi connectivity index (χ1) is 31.5. The molecule has 5 heteroatoms. The standard InChI is InChI=1S/C59H111NO4/c1-3-5-7-9-11-13-15-17-19-21-23-24-25-26-27-28-29-30-31-32-33-34-35-36-38-40-42-44-46-48-50-52-56(62)54-59(64)60-57(55-61)58(63)53-51-49-47-45-43-41-39-37-22-20-18-16-14-12-10-8-6-4-2/h22,26-27,37,43,45,51,53,56-58,61-63H,3-21,23-25,28-36,38-42,44,46-50,52,54-55H2,1-2H3,(H,60,64)/b27-26-,37-22+,45-43+,53-51+. The molecule has 0 fully saturated rings. The number of carbonyl (C=O) groups is 1. The number of hydrogen-bond acceptors (Lipinski definition) is 4. The average molecular weight is 899 g/mol. The van der Waals surface area contributed by atoms with E-state index in [0.717, 1.165) is 38.5 Å². The Morgan fingerprint density at radius 1 is 0.391 bits per heavy atom. The zero-order valence-corrected chi connectivity index (χ0v) is 42.9. The normalized spacial score (nSPS) is 13.6. The fraction of sp³-hybridized carbons (Fsp3) is 0.847. The van der Waals surface area contributed by atoms with Gasteiger partial charge in [-0.15, -0.1) is 0 Å². The minimum absolute atomic E-state index is 0.00327. The highest BCUT2D eigenvalue weighted by atomic mass is 16.3. The van der Waals surface area contributed by atoms with Gasteiger partial charge in [-0.25, -0.2) is 0 Å². The number of carbonyl (C=O) groups excluding carboxylic acids is 1. The maximum Gasteiger partial charge on any atom is 0.222 e. The fourth-order valence-corrected chi connectivity index (χ4v) is 8.72. The van der Waals surface area contributed by atoms with Gasteiger partial charge in [0.05, 0.1) is 31.3 Å². The molecule has 4 N–H and O–H groups in total. The number of rotatable bonds is 52. The van der Waals surface area contributed by atoms with Crippen LogP contribution in [0.25, 0.3) is 0 Å². The van der Waals surface area contributed by atoms with E-state index in [0.29, 0.717) is 6.42 Å². The van der Waals surface area contributed by atoms with E-state index in [1.807, 2.05) is 6.08 Å². The lowest BCUT2D eigenvalue weighted by Gasteiger charge is -2.21. The highest BCUT2D eigenvalue weighted by Gasteiger charge is 2.20. The maximum absolute atomic E-state index is 12.5. The van der Waals surface area contributed by atoms with Gasteiger partial charge in [-0.2, -0.15) is 0 Å². The summed E-state index contributed by atoms with van der Waals surface area (Å²) in [7, 11) is 0. The molecule has 64 heavy (non-hydrogen) atoms. The minimum atomic E-state index is -0.961. The molecule has 0 rings (SSSR count). The van der Waals surface area contributed by atoms with Crippen LogP contribution in [0.2, 0.25) is 0 Å². The molecule has 0 aliphatic carbocycles. The van der Waals surface area contributed by atoms with Crippen LogP contribution >= 0.6 is 0 Å². The first kappa shape index (κ1) is 62.3. The number of unbranched alkanes of at least 4 members (excludes halogenated alkanes) is 37. The molecule has 0 spiro atoms. The monoisotopic (exact) mass is 898 g/mol. The summed E-state index contributed by atoms with van der Waals surface area (Å²) >= 11 is 0. The largest absolute Gasteiger partial charge is 0.394 e. The SMILES string of the molecule is CCCCCCCCCC/C=C/CC/C=C/CC/C=C/C(O)C(CO)NC(=O)CC(O)CCCCCCCCCCCCCCCCC/C=C\CCCCCCCCCCCCCC. The molecular weight excluding hydrogens is 787 g/mol. The van der Waals surface area contributed by atoms with Crippen molar-refractivity contribution in [3.05, 3.63) is 48.6 Å². The van der Waals surface area contributed by atoms with E-state index in [2.05, 4.69) is 55.6 Å². The fourth-order valence-electron chi connectivity index (χ4n) is 8.72. The van der Waals surface area contributed by atoms with Crippen molar-refractivity contribution in [2.75, 3.05) is 6.61 Å². The van der Waals surface area contributed by atoms with E-state index in [4.69, 9.17) is 0 Å². The molecule has 5 nitrogen and oxygen atoms in total. The van der Waals surface area contributed by atoms with E-state index in [9.17, 15) is 20.1 Å². The molecule has 0 aromatic heterocycles. The number of hydrogen-bond donors (Lipinski definition) is 4. The molecule has 0 aliphatic rings. The van der Waals surface area contributed by atoms with Crippen LogP contribution in [0.3, 0.4) is 0 Å². The highest BCUT2D eigenvalue weighted by molar-refractivity contribution is 5.76. The van der Waals surface area contributed by atoms with E-state index < -0.39 is 18.2 Å². The molecule has 0 saturated carbocycles. The second-order valence-electron chi connectivity index (χ2n) is 19.5. The molecule has 0 aromatic carbocycles. The Balaban J connectivity index is 3.57. The molecule has 1 amide bonds. The number of amides is 1. The van der Waals surface area contributed by atoms with Gasteiger partial charge in [-0.3, -0.25) is 4.79 Å². The smallest absolute Gasteiger partial charge is 0.222 e. The average Bonchev–Trinajstić information content (AvgIpc) is 3.29. The van der Waals surface area contributed by atoms with Gasteiger partial charge in [-0.1, -0.05) is 268 Å². The zero-order valence-electron chi connectivity index (χ0n) is 42.9. The van der Waals surface area contributed by atoms with Gasteiger partial charge in [-0.05, 0) is 70.6 Å². The maximum atomic E-state index is 12.5. The summed E-state index contributed by atoms with van der Waals surface area (Å²) in [5.74, 6) is -0.327. The first-order valence-corrected chi connectivity index (χ1v) is 28.4. The van der Waals surface area contributed by atoms with Crippen molar-refractivity contribution in [2.45, 2.75) is 315 Å². The molecule has 0 radical (unpaired) electrons. The summed E-state index contributed by atoms with van der Waals surface area (Å²) < 4.78 is 0. The Kier molecular flexibility index (Phi) is 52.5. The Morgan fingerprint density at radius 3 is 1.00 bits per heavy atom. The summed E-state index contributed by atoms with van der Waals surface area (Å²) in [6.45, 7) is 4.22. The van der Waals surface area contributed by atoms with Crippen molar-refractivity contribution in [2.24, 2.45) is 0 Å². The summed E-state index contributed by atoms with van der Waals surface area (Å²) in [4.78, 5) is 12.5. The molecular formula is C59H111NO4. The second kappa shape index (κ2) is 53.9. The molecule has 376 valence electrons. The zero-order chi connectivity index (χ0) is 46.5. The third-order valence-electron chi connectivity index (χ3n) is 13.1. The van der Waals surface area contributed by atoms with Crippen molar-refractivity contribution < 1.29 is 20.1 Å². The quantitative estimate of drug-likeness (QED) is 0.0362. The molecule has 0 heterocycles. The van der Waals surface area contributed by atoms with E-state index in [1.54, 1.807) is 6.08 Å². The van der Waals surface area contributed by atoms with E-state index >= 15 is 0 Å². The van der Waals surface area contributed by atoms with Crippen molar-refractivity contribution in [1.82, 2.24) is 5.32 Å². The van der Waals surface area contributed by atoms with Crippen molar-refractivity contribution >= 4 is 5.91 Å². The van der Waals surface area contributed by atoms with Crippen LogP contribution in [0.15, 0.2) is 48.6 Å². The van der Waals surface area contributed by atoms with Crippen molar-refractivity contribution in [3.8, 4) is 0 Å². The summed E-state index contributed by atoms with van der Waals surface area (Å²) in [5, 5.41) is 33.4. The lowest BCUT2D eigenvalue weighted by molar-refractivity contribution is -0.124. The van der Waals surface area contributed by atoms with Crippen LogP contribution in [0.5, 0.6) is 0 Å². The Labute approximate surface area is 399 Å². The molecule has 0 aromatic rings. The van der Waals surface area contributed by atoms with Crippen LogP contribution in [0.4, 0.5) is 0 Å². The van der Waals surface area contributed by atoms with Gasteiger partial charge >= 0.3 is 0 Å². The Bertz CT molecular complexity index is 1040. The predicted molar refractivity (Wildman–Crippen MR) is 282 cm³/mol. The summed E-state index contributed by atoms with van der Waals surface area (Å²) in [6, 6.07) is -0.768. The number of nitrogens with one attached hydrogen (secondary N) is 1. The first-order valence-electron chi connectivity index (χ1n) is 28.4. The summed E-state index contributed by atoms with van der Waals surface area (Å²) in [5.41, 5.74) is 0. The summed E-state index contributed by atoms with van der Waals surface area (Å²) in [6.07, 6.45) is 71.7. The second-order valence-corrected chi connectivity index (χ2v) is 19.5. The van der Waals surface area contributed by atoms with Crippen LogP contribution in [-0.2, 0) is 4.79 Å². The molecule has 0 bridgehead atoms. The highest BCUT2D eigenvalue weighted by Crippen LogP contribution is 2.17. The number of allylic oxidation sites excluding steroid dienone is 7. The third-order valence-corrected chi connectivity index (χ3v) is 13.1. The Hall–Kier alpha value is -1.69. The Morgan fingerprint density at radius 2 is 0.672 bits per heavy atom. The van der Waals surface area contributed by atoms with Gasteiger partial charge in [0.2, 0.25) is 5.91 Å². The lowest BCUT2D eigenvalue weighted by atomic mass is 10.0. The molecule has 3 unspecified atom stereocenters. The van der Waals surface area contributed by atoms with Gasteiger partial charge in [0, 0.05) is 0 Å². The van der Waals surface area contributed by atoms with Crippen LogP contribution < -0.4 is 5.32 Å². The van der Waals surface area contributed by atoms with Crippen LogP contribution in [0, 0.1) is 0 Å². The van der Waals surface area contributed by atoms with Gasteiger partial charge in [0.15, 0.2) is 0 Å². The van der Waals surface area contributed by atoms with Gasteiger partial charge < -0.3 is 20.6 Å². The van der Waals surface area contributed by atoms with Crippen molar-refractivity contribution in [3.63, 3.8) is 0 Å². The molecule has 3 atom stereocenters. The van der Waals surface area contributed by atoms with Crippen LogP contribution in [-0.4, -0.2) is 46.1 Å². The third kappa shape index (κ3) is 49.7. The van der Waals surface area contributed by atoms with Crippen molar-refractivity contribution in [1.29, 1.82) is 0 Å². The predicted octanol–water partition coefficient (Wildman–Crippen LogP) is 17.6. The van der Waals surface area contributed by atoms with Crippen LogP contribution in [0.1, 0.15) is 296 Å². The number of aliphatic hydroxyl groups excluding tert-OH is 3. The van der Waals surface area contributed by atoms with E-state index in [1.165, 1.54) is 231 Å². The topological polar surface area (TPSA) is 89.8 Å². The molecule has 0 saturated heterocycles.